The van der Waals surface area contributed by atoms with E-state index in [-0.39, 0.29) is 0 Å². The Bertz CT molecular complexity index is 1090. The molecule has 0 saturated carbocycles. The minimum absolute atomic E-state index is 0.602. The quantitative estimate of drug-likeness (QED) is 0.538. The molecule has 0 unspecified atom stereocenters. The van der Waals surface area contributed by atoms with Crippen LogP contribution in [0.2, 0.25) is 5.02 Å². The van der Waals surface area contributed by atoms with E-state index < -0.39 is 0 Å². The first-order chi connectivity index (χ1) is 13.2. The van der Waals surface area contributed by atoms with Crippen LogP contribution in [0.5, 0.6) is 11.5 Å². The van der Waals surface area contributed by atoms with E-state index in [1.54, 1.807) is 20.4 Å². The lowest BCUT2D eigenvalue weighted by Gasteiger charge is -2.12. The molecule has 0 saturated heterocycles. The monoisotopic (exact) mass is 380 g/mol. The number of methoxy groups -OCH3 is 2. The zero-order valence-electron chi connectivity index (χ0n) is 14.8. The van der Waals surface area contributed by atoms with Crippen LogP contribution in [0.3, 0.4) is 0 Å². The largest absolute Gasteiger partial charge is 0.493 e. The van der Waals surface area contributed by atoms with E-state index in [0.29, 0.717) is 22.3 Å². The number of anilines is 2. The zero-order valence-corrected chi connectivity index (χ0v) is 15.6. The van der Waals surface area contributed by atoms with Gasteiger partial charge in [-0.15, -0.1) is 0 Å². The normalized spacial score (nSPS) is 10.8. The maximum Gasteiger partial charge on any atom is 0.235 e. The van der Waals surface area contributed by atoms with Gasteiger partial charge in [0.25, 0.3) is 0 Å². The summed E-state index contributed by atoms with van der Waals surface area (Å²) in [5, 5.41) is 4.10. The molecule has 0 aliphatic rings. The highest BCUT2D eigenvalue weighted by Gasteiger charge is 2.16. The average molecular weight is 381 g/mol. The summed E-state index contributed by atoms with van der Waals surface area (Å²) in [4.78, 5) is 9.02. The predicted octanol–water partition coefficient (Wildman–Crippen LogP) is 4.81. The molecule has 7 heteroatoms. The summed E-state index contributed by atoms with van der Waals surface area (Å²) in [5.41, 5.74) is 2.56. The fourth-order valence-corrected chi connectivity index (χ4v) is 2.99. The van der Waals surface area contributed by atoms with E-state index in [9.17, 15) is 0 Å². The first-order valence-electron chi connectivity index (χ1n) is 8.27. The second-order valence-electron chi connectivity index (χ2n) is 5.80. The molecular formula is C20H17ClN4O2. The van der Waals surface area contributed by atoms with E-state index >= 15 is 0 Å². The molecule has 0 atom stereocenters. The van der Waals surface area contributed by atoms with Gasteiger partial charge in [0.2, 0.25) is 5.78 Å². The molecule has 0 amide bonds. The molecule has 6 nitrogen and oxygen atoms in total. The van der Waals surface area contributed by atoms with Crippen LogP contribution in [0.25, 0.3) is 17.0 Å². The Morgan fingerprint density at radius 2 is 1.78 bits per heavy atom. The van der Waals surface area contributed by atoms with E-state index in [1.165, 1.54) is 0 Å². The van der Waals surface area contributed by atoms with Crippen LogP contribution in [0.1, 0.15) is 0 Å². The van der Waals surface area contributed by atoms with Crippen LogP contribution >= 0.6 is 11.6 Å². The lowest BCUT2D eigenvalue weighted by atomic mass is 10.1. The lowest BCUT2D eigenvalue weighted by Crippen LogP contribution is -1.98. The zero-order chi connectivity index (χ0) is 18.8. The number of hydrogen-bond acceptors (Lipinski definition) is 5. The third kappa shape index (κ3) is 3.27. The van der Waals surface area contributed by atoms with Gasteiger partial charge in [-0.2, -0.15) is 0 Å². The van der Waals surface area contributed by atoms with E-state index in [0.717, 1.165) is 22.8 Å². The molecule has 0 spiro atoms. The number of benzene rings is 2. The van der Waals surface area contributed by atoms with Crippen molar-refractivity contribution in [2.24, 2.45) is 0 Å². The van der Waals surface area contributed by atoms with E-state index in [2.05, 4.69) is 15.3 Å². The molecule has 0 fully saturated rings. The smallest absolute Gasteiger partial charge is 0.235 e. The van der Waals surface area contributed by atoms with Crippen molar-refractivity contribution in [2.75, 3.05) is 19.5 Å². The van der Waals surface area contributed by atoms with Crippen LogP contribution in [0.15, 0.2) is 60.9 Å². The Morgan fingerprint density at radius 1 is 1.00 bits per heavy atom. The van der Waals surface area contributed by atoms with Crippen LogP contribution in [0.4, 0.5) is 11.5 Å². The van der Waals surface area contributed by atoms with Crippen molar-refractivity contribution < 1.29 is 9.47 Å². The molecule has 2 aromatic carbocycles. The summed E-state index contributed by atoms with van der Waals surface area (Å²) < 4.78 is 12.6. The predicted molar refractivity (Wildman–Crippen MR) is 106 cm³/mol. The van der Waals surface area contributed by atoms with Gasteiger partial charge >= 0.3 is 0 Å². The summed E-state index contributed by atoms with van der Waals surface area (Å²) in [6, 6.07) is 15.1. The molecule has 1 N–H and O–H groups in total. The Hall–Kier alpha value is -3.25. The van der Waals surface area contributed by atoms with Crippen LogP contribution in [-0.2, 0) is 0 Å². The van der Waals surface area contributed by atoms with Crippen molar-refractivity contribution in [1.29, 1.82) is 0 Å². The van der Waals surface area contributed by atoms with Gasteiger partial charge in [-0.25, -0.2) is 9.97 Å². The van der Waals surface area contributed by atoms with Crippen molar-refractivity contribution >= 4 is 28.9 Å². The molecule has 0 bridgehead atoms. The van der Waals surface area contributed by atoms with Crippen molar-refractivity contribution in [3.63, 3.8) is 0 Å². The Morgan fingerprint density at radius 3 is 2.52 bits per heavy atom. The first kappa shape index (κ1) is 17.2. The number of nitrogens with zero attached hydrogens (tertiary/aromatic N) is 3. The van der Waals surface area contributed by atoms with Gasteiger partial charge in [0.15, 0.2) is 11.5 Å². The van der Waals surface area contributed by atoms with Gasteiger partial charge in [-0.1, -0.05) is 23.7 Å². The van der Waals surface area contributed by atoms with Gasteiger partial charge < -0.3 is 14.8 Å². The highest BCUT2D eigenvalue weighted by Crippen LogP contribution is 2.34. The molecule has 2 heterocycles. The van der Waals surface area contributed by atoms with Crippen molar-refractivity contribution in [1.82, 2.24) is 14.4 Å². The van der Waals surface area contributed by atoms with E-state index in [4.69, 9.17) is 21.1 Å². The molecule has 4 aromatic rings. The summed E-state index contributed by atoms with van der Waals surface area (Å²) in [6.07, 6.45) is 3.63. The highest BCUT2D eigenvalue weighted by atomic mass is 35.5. The Balaban J connectivity index is 1.83. The number of nitrogens with one attached hydrogen (secondary N) is 1. The average Bonchev–Trinajstić information content (AvgIpc) is 3.07. The van der Waals surface area contributed by atoms with Gasteiger partial charge in [-0.05, 0) is 30.3 Å². The van der Waals surface area contributed by atoms with E-state index in [1.807, 2.05) is 59.1 Å². The molecule has 2 aromatic heterocycles. The second-order valence-corrected chi connectivity index (χ2v) is 6.24. The molecule has 27 heavy (non-hydrogen) atoms. The fourth-order valence-electron chi connectivity index (χ4n) is 2.87. The minimum atomic E-state index is 0.602. The molecule has 0 aliphatic heterocycles. The molecule has 0 aliphatic carbocycles. The van der Waals surface area contributed by atoms with Gasteiger partial charge in [0.05, 0.1) is 14.2 Å². The lowest BCUT2D eigenvalue weighted by molar-refractivity contribution is 0.355. The van der Waals surface area contributed by atoms with Crippen LogP contribution < -0.4 is 14.8 Å². The minimum Gasteiger partial charge on any atom is -0.493 e. The summed E-state index contributed by atoms with van der Waals surface area (Å²) in [5.74, 6) is 2.71. The SMILES string of the molecule is COc1ccc(Nc2c(-c3ccc(Cl)cc3)nc3ncccn23)cc1OC. The van der Waals surface area contributed by atoms with Crippen molar-refractivity contribution in [2.45, 2.75) is 0 Å². The summed E-state index contributed by atoms with van der Waals surface area (Å²) >= 11 is 6.03. The molecule has 136 valence electrons. The topological polar surface area (TPSA) is 60.7 Å². The van der Waals surface area contributed by atoms with Gasteiger partial charge in [0.1, 0.15) is 11.5 Å². The molecule has 0 radical (unpaired) electrons. The van der Waals surface area contributed by atoms with Crippen molar-refractivity contribution in [3.05, 3.63) is 65.9 Å². The Labute approximate surface area is 161 Å². The third-order valence-corrected chi connectivity index (χ3v) is 4.42. The standard InChI is InChI=1S/C20H17ClN4O2/c1-26-16-9-8-15(12-17(16)27-2)23-19-18(13-4-6-14(21)7-5-13)24-20-22-10-3-11-25(19)20/h3-12,23H,1-2H3. The number of halogens is 1. The first-order valence-corrected chi connectivity index (χ1v) is 8.65. The van der Waals surface area contributed by atoms with Crippen LogP contribution in [0, 0.1) is 0 Å². The summed E-state index contributed by atoms with van der Waals surface area (Å²) in [7, 11) is 3.22. The third-order valence-electron chi connectivity index (χ3n) is 4.17. The fraction of sp³-hybridized carbons (Fsp3) is 0.100. The Kier molecular flexibility index (Phi) is 4.56. The second kappa shape index (κ2) is 7.17. The van der Waals surface area contributed by atoms with Gasteiger partial charge in [-0.3, -0.25) is 4.40 Å². The molecule has 4 rings (SSSR count). The number of aromatic nitrogens is 3. The van der Waals surface area contributed by atoms with Crippen LogP contribution in [-0.4, -0.2) is 28.6 Å². The highest BCUT2D eigenvalue weighted by molar-refractivity contribution is 6.30. The van der Waals surface area contributed by atoms with Gasteiger partial charge in [0, 0.05) is 34.7 Å². The number of ether oxygens (including phenoxy) is 2. The number of hydrogen-bond donors (Lipinski definition) is 1. The number of fused-ring (bicyclic) bond motifs is 1. The maximum atomic E-state index is 6.03. The number of imidazole rings is 1. The van der Waals surface area contributed by atoms with Crippen molar-refractivity contribution in [3.8, 4) is 22.8 Å². The summed E-state index contributed by atoms with van der Waals surface area (Å²) in [6.45, 7) is 0. The molecular weight excluding hydrogens is 364 g/mol. The number of rotatable bonds is 5. The maximum absolute atomic E-state index is 6.03.